The summed E-state index contributed by atoms with van der Waals surface area (Å²) in [6.07, 6.45) is -0.644. The van der Waals surface area contributed by atoms with E-state index in [1.165, 1.54) is 18.9 Å². The van der Waals surface area contributed by atoms with Gasteiger partial charge in [-0.1, -0.05) is 11.6 Å². The first kappa shape index (κ1) is 35.1. The largest absolute Gasteiger partial charge is 0.418 e. The number of carbonyl (C=O) groups is 3. The Morgan fingerprint density at radius 1 is 0.980 bits per heavy atom. The molecule has 2 aromatic rings. The Balaban J connectivity index is 1.02. The number of fused-ring (bicyclic) bond motifs is 4. The minimum atomic E-state index is -4.74. The van der Waals surface area contributed by atoms with Crippen LogP contribution in [0, 0.1) is 5.92 Å². The zero-order valence-corrected chi connectivity index (χ0v) is 29.5. The van der Waals surface area contributed by atoms with Crippen LogP contribution in [0.5, 0.6) is 0 Å². The van der Waals surface area contributed by atoms with Gasteiger partial charge < -0.3 is 36.0 Å². The van der Waals surface area contributed by atoms with E-state index >= 15 is 0 Å². The molecule has 7 heterocycles. The van der Waals surface area contributed by atoms with Crippen molar-refractivity contribution in [3.05, 3.63) is 44.6 Å². The highest BCUT2D eigenvalue weighted by Crippen LogP contribution is 2.38. The van der Waals surface area contributed by atoms with E-state index in [0.717, 1.165) is 43.4 Å². The summed E-state index contributed by atoms with van der Waals surface area (Å²) in [7, 11) is 0. The summed E-state index contributed by atoms with van der Waals surface area (Å²) in [5.41, 5.74) is 6.15. The van der Waals surface area contributed by atoms with Gasteiger partial charge in [0.05, 0.1) is 22.0 Å². The van der Waals surface area contributed by atoms with E-state index in [2.05, 4.69) is 20.4 Å². The Hall–Kier alpha value is -3.27. The molecule has 16 heteroatoms. The van der Waals surface area contributed by atoms with Gasteiger partial charge in [0.25, 0.3) is 0 Å². The highest BCUT2D eigenvalue weighted by Gasteiger charge is 2.40. The van der Waals surface area contributed by atoms with Crippen LogP contribution < -0.4 is 16.4 Å². The van der Waals surface area contributed by atoms with E-state index in [9.17, 15) is 27.6 Å². The first-order valence-corrected chi connectivity index (χ1v) is 18.8. The second-order valence-corrected chi connectivity index (χ2v) is 15.4. The number of piperidine rings is 4. The van der Waals surface area contributed by atoms with E-state index in [0.29, 0.717) is 70.6 Å². The number of piperazine rings is 1. The van der Waals surface area contributed by atoms with Crippen LogP contribution in [0.2, 0.25) is 5.02 Å². The maximum absolute atomic E-state index is 14.1. The van der Waals surface area contributed by atoms with E-state index < -0.39 is 29.5 Å². The molecular weight excluding hydrogens is 693 g/mol. The molecule has 272 valence electrons. The van der Waals surface area contributed by atoms with Gasteiger partial charge in [-0.05, 0) is 79.8 Å². The van der Waals surface area contributed by atoms with Crippen molar-refractivity contribution in [1.82, 2.24) is 29.8 Å². The van der Waals surface area contributed by atoms with Crippen LogP contribution in [-0.4, -0.2) is 126 Å². The van der Waals surface area contributed by atoms with Crippen LogP contribution in [0.1, 0.15) is 42.4 Å². The van der Waals surface area contributed by atoms with Crippen molar-refractivity contribution in [2.75, 3.05) is 76.5 Å². The number of alkyl halides is 3. The van der Waals surface area contributed by atoms with Crippen LogP contribution >= 0.6 is 22.9 Å². The van der Waals surface area contributed by atoms with Crippen LogP contribution in [0.15, 0.2) is 22.9 Å². The molecular formula is C34H44ClF3N8O3S. The number of halogens is 4. The second kappa shape index (κ2) is 14.4. The molecule has 1 aromatic heterocycles. The molecule has 5 amide bonds. The predicted octanol–water partition coefficient (Wildman–Crippen LogP) is 4.42. The molecule has 1 aromatic carbocycles. The van der Waals surface area contributed by atoms with Crippen LogP contribution in [-0.2, 0) is 23.8 Å². The molecule has 4 N–H and O–H groups in total. The predicted molar refractivity (Wildman–Crippen MR) is 186 cm³/mol. The number of likely N-dealkylation sites (tertiary alicyclic amines) is 1. The fourth-order valence-corrected chi connectivity index (χ4v) is 9.49. The number of nitrogens with zero attached hydrogens (tertiary/aromatic N) is 5. The van der Waals surface area contributed by atoms with E-state index in [1.54, 1.807) is 21.1 Å². The zero-order chi connectivity index (χ0) is 35.2. The lowest BCUT2D eigenvalue weighted by atomic mass is 9.83. The molecule has 11 nitrogen and oxygen atoms in total. The summed E-state index contributed by atoms with van der Waals surface area (Å²) in [4.78, 5) is 50.9. The third kappa shape index (κ3) is 7.37. The van der Waals surface area contributed by atoms with E-state index in [4.69, 9.17) is 17.3 Å². The lowest BCUT2D eigenvalue weighted by Gasteiger charge is -2.51. The molecule has 8 rings (SSSR count). The number of amides is 5. The van der Waals surface area contributed by atoms with E-state index in [-0.39, 0.29) is 35.0 Å². The van der Waals surface area contributed by atoms with Gasteiger partial charge in [0, 0.05) is 76.2 Å². The van der Waals surface area contributed by atoms with Gasteiger partial charge >= 0.3 is 18.2 Å². The third-order valence-electron chi connectivity index (χ3n) is 11.3. The van der Waals surface area contributed by atoms with Gasteiger partial charge in [-0.2, -0.15) is 13.2 Å². The molecule has 0 saturated carbocycles. The van der Waals surface area contributed by atoms with Crippen molar-refractivity contribution >= 4 is 52.3 Å². The van der Waals surface area contributed by atoms with E-state index in [1.807, 2.05) is 15.7 Å². The molecule has 2 bridgehead atoms. The van der Waals surface area contributed by atoms with Crippen molar-refractivity contribution in [3.63, 3.8) is 0 Å². The molecule has 1 unspecified atom stereocenters. The lowest BCUT2D eigenvalue weighted by molar-refractivity contribution is -0.137. The quantitative estimate of drug-likeness (QED) is 0.379. The number of hydrogen-bond acceptors (Lipinski definition) is 7. The minimum absolute atomic E-state index is 0.0469. The number of nitrogen functional groups attached to an aromatic ring is 1. The van der Waals surface area contributed by atoms with Gasteiger partial charge in [-0.25, -0.2) is 9.59 Å². The number of benzene rings is 1. The SMILES string of the molecule is Nc1c(Cl)cc(C[C@@H](NC(=O)N2CCC(N3CCc4cscc4NC3=O)CC2)C(=O)N2CCN(C3CN4CCC3CC4)CC2)cc1C(F)(F)F. The molecule has 50 heavy (non-hydrogen) atoms. The number of rotatable bonds is 6. The van der Waals surface area contributed by atoms with Gasteiger partial charge in [0.2, 0.25) is 5.91 Å². The standard InChI is InChI=1S/C34H44ClF3N8O3S/c35-26-16-21(15-25(30(26)39)34(36,37)38)17-27(31(47)44-13-11-43(12-14-44)29-18-42-6-1-22(29)2-7-42)40-32(48)45-8-4-24(5-9-45)46-10-3-23-19-50-20-28(23)41-33(46)49/h15-16,19-20,22,24,27,29H,1-14,17-18,39H2,(H,40,48)(H,41,49)/t27-,29?/m1/s1. The minimum Gasteiger partial charge on any atom is -0.397 e. The fourth-order valence-electron chi connectivity index (χ4n) is 8.43. The fraction of sp³-hybridized carbons (Fsp3) is 0.618. The molecule has 2 atom stereocenters. The summed E-state index contributed by atoms with van der Waals surface area (Å²) < 4.78 is 41.5. The number of nitrogens with one attached hydrogen (secondary N) is 2. The maximum atomic E-state index is 14.1. The van der Waals surface area contributed by atoms with Gasteiger partial charge in [0.1, 0.15) is 6.04 Å². The molecule has 0 spiro atoms. The van der Waals surface area contributed by atoms with Crippen molar-refractivity contribution in [2.24, 2.45) is 5.92 Å². The maximum Gasteiger partial charge on any atom is 0.418 e. The Kier molecular flexibility index (Phi) is 10.1. The molecule has 5 saturated heterocycles. The first-order valence-electron chi connectivity index (χ1n) is 17.5. The monoisotopic (exact) mass is 736 g/mol. The van der Waals surface area contributed by atoms with Gasteiger partial charge in [-0.15, -0.1) is 11.3 Å². The first-order chi connectivity index (χ1) is 23.9. The van der Waals surface area contributed by atoms with Crippen molar-refractivity contribution in [3.8, 4) is 0 Å². The smallest absolute Gasteiger partial charge is 0.397 e. The Morgan fingerprint density at radius 3 is 2.36 bits per heavy atom. The van der Waals surface area contributed by atoms with Crippen LogP contribution in [0.25, 0.3) is 0 Å². The number of urea groups is 2. The zero-order valence-electron chi connectivity index (χ0n) is 27.9. The normalized spacial score (nSPS) is 25.6. The topological polar surface area (TPSA) is 117 Å². The average Bonchev–Trinajstić information content (AvgIpc) is 3.49. The average molecular weight is 737 g/mol. The molecule has 5 fully saturated rings. The molecule has 6 aliphatic rings. The lowest BCUT2D eigenvalue weighted by Crippen LogP contribution is -2.63. The number of anilines is 2. The highest BCUT2D eigenvalue weighted by atomic mass is 35.5. The second-order valence-electron chi connectivity index (χ2n) is 14.2. The van der Waals surface area contributed by atoms with Crippen molar-refractivity contribution in [1.29, 1.82) is 0 Å². The van der Waals surface area contributed by atoms with Crippen LogP contribution in [0.3, 0.4) is 0 Å². The number of hydrogen-bond donors (Lipinski definition) is 3. The molecule has 6 aliphatic heterocycles. The Labute approximate surface area is 298 Å². The highest BCUT2D eigenvalue weighted by molar-refractivity contribution is 7.08. The summed E-state index contributed by atoms with van der Waals surface area (Å²) in [6, 6.07) is 0.946. The summed E-state index contributed by atoms with van der Waals surface area (Å²) in [6.45, 7) is 7.02. The van der Waals surface area contributed by atoms with Crippen molar-refractivity contribution in [2.45, 2.75) is 62.8 Å². The number of thiophene rings is 1. The molecule has 0 radical (unpaired) electrons. The third-order valence-corrected chi connectivity index (χ3v) is 12.4. The Bertz CT molecular complexity index is 1590. The van der Waals surface area contributed by atoms with Gasteiger partial charge in [-0.3, -0.25) is 9.69 Å². The van der Waals surface area contributed by atoms with Gasteiger partial charge in [0.15, 0.2) is 0 Å². The number of carbonyl (C=O) groups excluding carboxylic acids is 3. The summed E-state index contributed by atoms with van der Waals surface area (Å²) in [5.74, 6) is 0.329. The Morgan fingerprint density at radius 2 is 1.70 bits per heavy atom. The summed E-state index contributed by atoms with van der Waals surface area (Å²) in [5, 5.41) is 9.59. The number of nitrogens with two attached hydrogens (primary N) is 1. The van der Waals surface area contributed by atoms with Crippen molar-refractivity contribution < 1.29 is 27.6 Å². The summed E-state index contributed by atoms with van der Waals surface area (Å²) >= 11 is 7.70. The molecule has 0 aliphatic carbocycles. The van der Waals surface area contributed by atoms with Crippen LogP contribution in [0.4, 0.5) is 34.1 Å².